The number of rotatable bonds is 2. The molecular weight excluding hydrogens is 218 g/mol. The zero-order chi connectivity index (χ0) is 11.9. The van der Waals surface area contributed by atoms with E-state index in [2.05, 4.69) is 0 Å². The maximum Gasteiger partial charge on any atom is 0.314 e. The van der Waals surface area contributed by atoms with Crippen LogP contribution in [0.25, 0.3) is 0 Å². The Morgan fingerprint density at radius 1 is 1.25 bits per heavy atom. The minimum atomic E-state index is -1.46. The largest absolute Gasteiger partial charge is 0.508 e. The molecule has 1 aliphatic rings. The standard InChI is InChI=1S/C11H10F2O3/c12-7-4-6(14)5-8(13)9(7)11(10(15)16)2-1-3-11/h4-5,14H,1-3H2,(H,15,16). The summed E-state index contributed by atoms with van der Waals surface area (Å²) in [7, 11) is 0. The molecule has 1 aliphatic carbocycles. The highest BCUT2D eigenvalue weighted by molar-refractivity contribution is 5.82. The number of carboxylic acid groups (broad SMARTS) is 1. The number of aliphatic carboxylic acids is 1. The summed E-state index contributed by atoms with van der Waals surface area (Å²) < 4.78 is 27.0. The number of phenolic OH excluding ortho intramolecular Hbond substituents is 1. The molecule has 0 heterocycles. The summed E-state index contributed by atoms with van der Waals surface area (Å²) in [5.74, 6) is -3.76. The van der Waals surface area contributed by atoms with E-state index in [1.807, 2.05) is 0 Å². The monoisotopic (exact) mass is 228 g/mol. The maximum absolute atomic E-state index is 13.5. The summed E-state index contributed by atoms with van der Waals surface area (Å²) >= 11 is 0. The lowest BCUT2D eigenvalue weighted by Gasteiger charge is -2.38. The van der Waals surface area contributed by atoms with Crippen LogP contribution in [-0.4, -0.2) is 16.2 Å². The minimum Gasteiger partial charge on any atom is -0.508 e. The van der Waals surface area contributed by atoms with Gasteiger partial charge in [-0.25, -0.2) is 8.78 Å². The van der Waals surface area contributed by atoms with Gasteiger partial charge in [0.05, 0.1) is 5.41 Å². The Hall–Kier alpha value is -1.65. The Labute approximate surface area is 90.3 Å². The van der Waals surface area contributed by atoms with Crippen molar-refractivity contribution in [2.75, 3.05) is 0 Å². The summed E-state index contributed by atoms with van der Waals surface area (Å²) in [5.41, 5.74) is -1.90. The van der Waals surface area contributed by atoms with E-state index in [1.54, 1.807) is 0 Å². The summed E-state index contributed by atoms with van der Waals surface area (Å²) in [4.78, 5) is 11.1. The smallest absolute Gasteiger partial charge is 0.314 e. The Balaban J connectivity index is 2.59. The minimum absolute atomic E-state index is 0.223. The predicted octanol–water partition coefficient (Wildman–Crippen LogP) is 2.18. The predicted molar refractivity (Wildman–Crippen MR) is 51.2 cm³/mol. The van der Waals surface area contributed by atoms with Crippen molar-refractivity contribution in [2.45, 2.75) is 24.7 Å². The molecule has 0 spiro atoms. The van der Waals surface area contributed by atoms with Crippen LogP contribution in [0.2, 0.25) is 0 Å². The second-order valence-corrected chi connectivity index (χ2v) is 4.03. The van der Waals surface area contributed by atoms with Gasteiger partial charge >= 0.3 is 5.97 Å². The Morgan fingerprint density at radius 3 is 2.06 bits per heavy atom. The van der Waals surface area contributed by atoms with E-state index < -0.39 is 34.3 Å². The van der Waals surface area contributed by atoms with Crippen LogP contribution in [0.5, 0.6) is 5.75 Å². The second-order valence-electron chi connectivity index (χ2n) is 4.03. The van der Waals surface area contributed by atoms with Gasteiger partial charge in [0.2, 0.25) is 0 Å². The Kier molecular flexibility index (Phi) is 2.33. The molecule has 5 heteroatoms. The van der Waals surface area contributed by atoms with E-state index in [0.29, 0.717) is 6.42 Å². The number of hydrogen-bond acceptors (Lipinski definition) is 2. The molecule has 0 amide bonds. The molecule has 0 radical (unpaired) electrons. The number of halogens is 2. The van der Waals surface area contributed by atoms with Crippen LogP contribution in [0.1, 0.15) is 24.8 Å². The first-order valence-corrected chi connectivity index (χ1v) is 4.89. The van der Waals surface area contributed by atoms with Crippen LogP contribution >= 0.6 is 0 Å². The maximum atomic E-state index is 13.5. The van der Waals surface area contributed by atoms with Crippen molar-refractivity contribution in [2.24, 2.45) is 0 Å². The molecule has 0 atom stereocenters. The molecule has 0 bridgehead atoms. The van der Waals surface area contributed by atoms with Crippen molar-refractivity contribution in [1.82, 2.24) is 0 Å². The van der Waals surface area contributed by atoms with Crippen molar-refractivity contribution in [1.29, 1.82) is 0 Å². The molecule has 0 unspecified atom stereocenters. The van der Waals surface area contributed by atoms with Gasteiger partial charge in [-0.05, 0) is 12.8 Å². The van der Waals surface area contributed by atoms with Crippen molar-refractivity contribution < 1.29 is 23.8 Å². The van der Waals surface area contributed by atoms with Crippen LogP contribution in [0.15, 0.2) is 12.1 Å². The quantitative estimate of drug-likeness (QED) is 0.815. The van der Waals surface area contributed by atoms with E-state index in [9.17, 15) is 13.6 Å². The molecule has 16 heavy (non-hydrogen) atoms. The molecule has 2 N–H and O–H groups in total. The number of aromatic hydroxyl groups is 1. The van der Waals surface area contributed by atoms with Crippen LogP contribution in [0, 0.1) is 11.6 Å². The van der Waals surface area contributed by atoms with Gasteiger partial charge in [-0.3, -0.25) is 4.79 Å². The van der Waals surface area contributed by atoms with E-state index in [0.717, 1.165) is 12.1 Å². The molecule has 0 aromatic heterocycles. The lowest BCUT2D eigenvalue weighted by atomic mass is 9.64. The third-order valence-electron chi connectivity index (χ3n) is 3.12. The van der Waals surface area contributed by atoms with Crippen LogP contribution in [0.4, 0.5) is 8.78 Å². The van der Waals surface area contributed by atoms with E-state index in [-0.39, 0.29) is 12.8 Å². The fourth-order valence-corrected chi connectivity index (χ4v) is 2.12. The fraction of sp³-hybridized carbons (Fsp3) is 0.364. The first-order chi connectivity index (χ1) is 7.47. The first-order valence-electron chi connectivity index (χ1n) is 4.89. The van der Waals surface area contributed by atoms with E-state index in [1.165, 1.54) is 0 Å². The first kappa shape index (κ1) is 10.9. The van der Waals surface area contributed by atoms with Gasteiger partial charge < -0.3 is 10.2 Å². The number of hydrogen-bond donors (Lipinski definition) is 2. The topological polar surface area (TPSA) is 57.5 Å². The number of benzene rings is 1. The van der Waals surface area contributed by atoms with Crippen molar-refractivity contribution in [3.05, 3.63) is 29.3 Å². The van der Waals surface area contributed by atoms with E-state index in [4.69, 9.17) is 10.2 Å². The summed E-state index contributed by atoms with van der Waals surface area (Å²) in [6.45, 7) is 0. The number of carbonyl (C=O) groups is 1. The Bertz CT molecular complexity index is 430. The highest BCUT2D eigenvalue weighted by atomic mass is 19.1. The summed E-state index contributed by atoms with van der Waals surface area (Å²) in [6, 6.07) is 1.48. The van der Waals surface area contributed by atoms with Gasteiger partial charge in [-0.15, -0.1) is 0 Å². The Morgan fingerprint density at radius 2 is 1.75 bits per heavy atom. The van der Waals surface area contributed by atoms with E-state index >= 15 is 0 Å². The van der Waals surface area contributed by atoms with Gasteiger partial charge in [0.25, 0.3) is 0 Å². The fourth-order valence-electron chi connectivity index (χ4n) is 2.12. The van der Waals surface area contributed by atoms with Crippen LogP contribution in [0.3, 0.4) is 0 Å². The zero-order valence-electron chi connectivity index (χ0n) is 8.33. The van der Waals surface area contributed by atoms with Gasteiger partial charge in [0, 0.05) is 17.7 Å². The van der Waals surface area contributed by atoms with Crippen molar-refractivity contribution >= 4 is 5.97 Å². The normalized spacial score (nSPS) is 17.9. The molecule has 3 nitrogen and oxygen atoms in total. The molecule has 2 rings (SSSR count). The van der Waals surface area contributed by atoms with Gasteiger partial charge in [-0.2, -0.15) is 0 Å². The van der Waals surface area contributed by atoms with Crippen molar-refractivity contribution in [3.63, 3.8) is 0 Å². The summed E-state index contributed by atoms with van der Waals surface area (Å²) in [5, 5.41) is 18.0. The zero-order valence-corrected chi connectivity index (χ0v) is 8.33. The molecule has 0 saturated heterocycles. The highest BCUT2D eigenvalue weighted by Crippen LogP contribution is 2.46. The van der Waals surface area contributed by atoms with Gasteiger partial charge in [0.15, 0.2) is 0 Å². The van der Waals surface area contributed by atoms with Crippen molar-refractivity contribution in [3.8, 4) is 5.75 Å². The van der Waals surface area contributed by atoms with Crippen LogP contribution in [-0.2, 0) is 10.2 Å². The molecule has 1 saturated carbocycles. The molecule has 1 aromatic carbocycles. The number of carboxylic acids is 1. The molecule has 0 aliphatic heterocycles. The average molecular weight is 228 g/mol. The van der Waals surface area contributed by atoms with Gasteiger partial charge in [-0.1, -0.05) is 6.42 Å². The molecule has 1 fully saturated rings. The van der Waals surface area contributed by atoms with Crippen LogP contribution < -0.4 is 0 Å². The lowest BCUT2D eigenvalue weighted by molar-refractivity contribution is -0.147. The molecule has 1 aromatic rings. The summed E-state index contributed by atoms with van der Waals surface area (Å²) in [6.07, 6.45) is 1.08. The SMILES string of the molecule is O=C(O)C1(c2c(F)cc(O)cc2F)CCC1. The molecule has 86 valence electrons. The molecular formula is C11H10F2O3. The third-order valence-corrected chi connectivity index (χ3v) is 3.12. The highest BCUT2D eigenvalue weighted by Gasteiger charge is 2.49. The average Bonchev–Trinajstić information content (AvgIpc) is 2.06. The lowest BCUT2D eigenvalue weighted by Crippen LogP contribution is -2.43. The third kappa shape index (κ3) is 1.35. The second kappa shape index (κ2) is 3.43. The number of phenols is 1. The van der Waals surface area contributed by atoms with Gasteiger partial charge in [0.1, 0.15) is 17.4 Å².